The number of hydrogen-bond donors (Lipinski definition) is 0. The van der Waals surface area contributed by atoms with E-state index in [9.17, 15) is 4.79 Å². The van der Waals surface area contributed by atoms with Gasteiger partial charge in [-0.25, -0.2) is 14.5 Å². The van der Waals surface area contributed by atoms with Gasteiger partial charge in [-0.1, -0.05) is 5.21 Å². The van der Waals surface area contributed by atoms with Crippen LogP contribution in [0.15, 0.2) is 29.8 Å². The van der Waals surface area contributed by atoms with E-state index in [-0.39, 0.29) is 12.6 Å². The van der Waals surface area contributed by atoms with Gasteiger partial charge in [-0.2, -0.15) is 0 Å². The minimum atomic E-state index is -0.381. The Balaban J connectivity index is 1.77. The summed E-state index contributed by atoms with van der Waals surface area (Å²) in [7, 11) is 0. The summed E-state index contributed by atoms with van der Waals surface area (Å²) in [6.45, 7) is 2.92. The lowest BCUT2D eigenvalue weighted by atomic mass is 10.2. The van der Waals surface area contributed by atoms with Gasteiger partial charge in [-0.15, -0.1) is 16.4 Å². The van der Waals surface area contributed by atoms with Crippen LogP contribution in [-0.4, -0.2) is 25.9 Å². The van der Waals surface area contributed by atoms with E-state index in [4.69, 9.17) is 4.74 Å². The third kappa shape index (κ3) is 2.39. The Morgan fingerprint density at radius 2 is 2.35 bits per heavy atom. The van der Waals surface area contributed by atoms with Crippen molar-refractivity contribution < 1.29 is 9.53 Å². The zero-order valence-electron chi connectivity index (χ0n) is 10.8. The second-order valence-corrected chi connectivity index (χ2v) is 5.09. The van der Waals surface area contributed by atoms with Crippen LogP contribution in [0, 0.1) is 0 Å². The van der Waals surface area contributed by atoms with Crippen LogP contribution >= 0.6 is 11.3 Å². The largest absolute Gasteiger partial charge is 0.455 e. The molecule has 102 valence electrons. The minimum Gasteiger partial charge on any atom is -0.455 e. The molecule has 3 aromatic rings. The number of carbonyl (C=O) groups excluding carboxylic acids is 1. The Labute approximate surface area is 119 Å². The van der Waals surface area contributed by atoms with Gasteiger partial charge in [-0.05, 0) is 25.1 Å². The standard InChI is InChI=1S/C13H12N4O2S/c1-2-17-11-4-3-9(7-10(11)15-16-17)13(18)19-8-12-14-5-6-20-12/h3-7H,2,8H2,1H3. The summed E-state index contributed by atoms with van der Waals surface area (Å²) >= 11 is 1.45. The normalized spacial score (nSPS) is 10.8. The average molecular weight is 288 g/mol. The van der Waals surface area contributed by atoms with Gasteiger partial charge in [0.2, 0.25) is 0 Å². The summed E-state index contributed by atoms with van der Waals surface area (Å²) in [4.78, 5) is 16.0. The van der Waals surface area contributed by atoms with Gasteiger partial charge in [0.05, 0.1) is 11.1 Å². The van der Waals surface area contributed by atoms with Crippen molar-refractivity contribution in [3.05, 3.63) is 40.3 Å². The highest BCUT2D eigenvalue weighted by Crippen LogP contribution is 2.15. The molecular weight excluding hydrogens is 276 g/mol. The minimum absolute atomic E-state index is 0.191. The van der Waals surface area contributed by atoms with Gasteiger partial charge in [0, 0.05) is 18.1 Å². The quantitative estimate of drug-likeness (QED) is 0.689. The van der Waals surface area contributed by atoms with E-state index in [2.05, 4.69) is 15.3 Å². The molecule has 0 unspecified atom stereocenters. The molecule has 0 aliphatic carbocycles. The van der Waals surface area contributed by atoms with Crippen molar-refractivity contribution in [3.63, 3.8) is 0 Å². The molecule has 20 heavy (non-hydrogen) atoms. The van der Waals surface area contributed by atoms with E-state index in [1.54, 1.807) is 23.0 Å². The molecule has 3 rings (SSSR count). The molecule has 2 aromatic heterocycles. The lowest BCUT2D eigenvalue weighted by molar-refractivity contribution is 0.0472. The molecule has 0 N–H and O–H groups in total. The maximum Gasteiger partial charge on any atom is 0.338 e. The number of fused-ring (bicyclic) bond motifs is 1. The Morgan fingerprint density at radius 3 is 3.10 bits per heavy atom. The first kappa shape index (κ1) is 12.7. The molecule has 2 heterocycles. The Morgan fingerprint density at radius 1 is 1.45 bits per heavy atom. The van der Waals surface area contributed by atoms with Crippen LogP contribution in [0.25, 0.3) is 11.0 Å². The number of nitrogens with zero attached hydrogens (tertiary/aromatic N) is 4. The second-order valence-electron chi connectivity index (χ2n) is 4.11. The van der Waals surface area contributed by atoms with E-state index in [0.717, 1.165) is 17.1 Å². The lowest BCUT2D eigenvalue weighted by Gasteiger charge is -2.03. The summed E-state index contributed by atoms with van der Waals surface area (Å²) < 4.78 is 6.99. The van der Waals surface area contributed by atoms with Crippen LogP contribution in [0.5, 0.6) is 0 Å². The van der Waals surface area contributed by atoms with Gasteiger partial charge >= 0.3 is 5.97 Å². The van der Waals surface area contributed by atoms with E-state index in [1.807, 2.05) is 18.4 Å². The van der Waals surface area contributed by atoms with Crippen LogP contribution in [0.3, 0.4) is 0 Å². The Hall–Kier alpha value is -2.28. The maximum atomic E-state index is 12.0. The molecular formula is C13H12N4O2S. The predicted molar refractivity (Wildman–Crippen MR) is 74.4 cm³/mol. The third-order valence-electron chi connectivity index (χ3n) is 2.86. The van der Waals surface area contributed by atoms with Gasteiger partial charge in [0.15, 0.2) is 0 Å². The van der Waals surface area contributed by atoms with Crippen molar-refractivity contribution in [2.75, 3.05) is 0 Å². The van der Waals surface area contributed by atoms with Crippen LogP contribution < -0.4 is 0 Å². The fourth-order valence-corrected chi connectivity index (χ4v) is 2.40. The van der Waals surface area contributed by atoms with E-state index in [1.165, 1.54) is 11.3 Å². The molecule has 0 spiro atoms. The summed E-state index contributed by atoms with van der Waals surface area (Å²) in [6.07, 6.45) is 1.68. The third-order valence-corrected chi connectivity index (χ3v) is 3.61. The van der Waals surface area contributed by atoms with Crippen molar-refractivity contribution in [2.24, 2.45) is 0 Å². The van der Waals surface area contributed by atoms with Crippen LogP contribution in [0.4, 0.5) is 0 Å². The van der Waals surface area contributed by atoms with Gasteiger partial charge in [0.1, 0.15) is 17.1 Å². The Kier molecular flexibility index (Phi) is 3.42. The molecule has 0 saturated heterocycles. The van der Waals surface area contributed by atoms with Crippen molar-refractivity contribution >= 4 is 28.3 Å². The van der Waals surface area contributed by atoms with Gasteiger partial charge in [-0.3, -0.25) is 0 Å². The molecule has 0 radical (unpaired) electrons. The average Bonchev–Trinajstić information content (AvgIpc) is 3.13. The van der Waals surface area contributed by atoms with Crippen molar-refractivity contribution in [3.8, 4) is 0 Å². The molecule has 0 fully saturated rings. The van der Waals surface area contributed by atoms with Crippen molar-refractivity contribution in [1.82, 2.24) is 20.0 Å². The molecule has 0 amide bonds. The Bertz CT molecular complexity index is 736. The number of carbonyl (C=O) groups is 1. The molecule has 0 saturated carbocycles. The predicted octanol–water partition coefficient (Wildman–Crippen LogP) is 2.26. The van der Waals surface area contributed by atoms with Crippen molar-refractivity contribution in [2.45, 2.75) is 20.1 Å². The highest BCUT2D eigenvalue weighted by Gasteiger charge is 2.11. The number of ether oxygens (including phenoxy) is 1. The van der Waals surface area contributed by atoms with Gasteiger partial charge in [0.25, 0.3) is 0 Å². The fourth-order valence-electron chi connectivity index (χ4n) is 1.87. The summed E-state index contributed by atoms with van der Waals surface area (Å²) in [5.41, 5.74) is 2.07. The highest BCUT2D eigenvalue weighted by atomic mass is 32.1. The first-order valence-corrected chi connectivity index (χ1v) is 7.04. The van der Waals surface area contributed by atoms with Crippen LogP contribution in [-0.2, 0) is 17.9 Å². The molecule has 1 aromatic carbocycles. The molecule has 0 aliphatic rings. The topological polar surface area (TPSA) is 69.9 Å². The number of thiazole rings is 1. The number of esters is 1. The summed E-state index contributed by atoms with van der Waals surface area (Å²) in [5, 5.41) is 10.7. The lowest BCUT2D eigenvalue weighted by Crippen LogP contribution is -2.05. The number of rotatable bonds is 4. The molecule has 0 atom stereocenters. The number of hydrogen-bond acceptors (Lipinski definition) is 6. The van der Waals surface area contributed by atoms with E-state index < -0.39 is 0 Å². The van der Waals surface area contributed by atoms with E-state index in [0.29, 0.717) is 11.1 Å². The van der Waals surface area contributed by atoms with Gasteiger partial charge < -0.3 is 4.74 Å². The maximum absolute atomic E-state index is 12.0. The first-order chi connectivity index (χ1) is 9.78. The fraction of sp³-hybridized carbons (Fsp3) is 0.231. The number of benzene rings is 1. The number of aromatic nitrogens is 4. The first-order valence-electron chi connectivity index (χ1n) is 6.16. The zero-order valence-corrected chi connectivity index (χ0v) is 11.6. The summed E-state index contributed by atoms with van der Waals surface area (Å²) in [6, 6.07) is 5.25. The van der Waals surface area contributed by atoms with Crippen LogP contribution in [0.1, 0.15) is 22.3 Å². The van der Waals surface area contributed by atoms with Crippen molar-refractivity contribution in [1.29, 1.82) is 0 Å². The second kappa shape index (κ2) is 5.38. The zero-order chi connectivity index (χ0) is 13.9. The number of aryl methyl sites for hydroxylation is 1. The molecule has 7 heteroatoms. The SMILES string of the molecule is CCn1nnc2cc(C(=O)OCc3nccs3)ccc21. The monoisotopic (exact) mass is 288 g/mol. The smallest absolute Gasteiger partial charge is 0.338 e. The molecule has 0 aliphatic heterocycles. The molecule has 0 bridgehead atoms. The highest BCUT2D eigenvalue weighted by molar-refractivity contribution is 7.09. The summed E-state index contributed by atoms with van der Waals surface area (Å²) in [5.74, 6) is -0.381. The van der Waals surface area contributed by atoms with E-state index >= 15 is 0 Å². The van der Waals surface area contributed by atoms with Crippen LogP contribution in [0.2, 0.25) is 0 Å². The molecule has 6 nitrogen and oxygen atoms in total.